The smallest absolute Gasteiger partial charge is 0.203 e. The van der Waals surface area contributed by atoms with Crippen LogP contribution in [0.25, 0.3) is 0 Å². The van der Waals surface area contributed by atoms with Crippen molar-refractivity contribution in [3.05, 3.63) is 47.8 Å². The lowest BCUT2D eigenvalue weighted by atomic mass is 10.2. The Morgan fingerprint density at radius 3 is 2.14 bits per heavy atom. The summed E-state index contributed by atoms with van der Waals surface area (Å²) in [6.45, 7) is 0. The van der Waals surface area contributed by atoms with Gasteiger partial charge in [-0.3, -0.25) is 4.99 Å². The Morgan fingerprint density at radius 2 is 1.62 bits per heavy atom. The van der Waals surface area contributed by atoms with Gasteiger partial charge in [0.25, 0.3) is 0 Å². The predicted octanol–water partition coefficient (Wildman–Crippen LogP) is 3.60. The quantitative estimate of drug-likeness (QED) is 0.790. The van der Waals surface area contributed by atoms with Gasteiger partial charge in [0.15, 0.2) is 11.5 Å². The van der Waals surface area contributed by atoms with Crippen LogP contribution in [0.1, 0.15) is 5.56 Å². The monoisotopic (exact) mass is 289 g/mol. The highest BCUT2D eigenvalue weighted by Crippen LogP contribution is 2.37. The third kappa shape index (κ3) is 3.51. The van der Waals surface area contributed by atoms with E-state index in [4.69, 9.17) is 14.2 Å². The second kappa shape index (κ2) is 6.74. The van der Waals surface area contributed by atoms with Crippen LogP contribution < -0.4 is 14.2 Å². The molecule has 0 radical (unpaired) electrons. The number of benzene rings is 2. The molecular formula is C16H16FNO3. The molecule has 4 nitrogen and oxygen atoms in total. The number of rotatable bonds is 5. The van der Waals surface area contributed by atoms with E-state index in [2.05, 4.69) is 4.99 Å². The molecule has 0 saturated heterocycles. The maximum absolute atomic E-state index is 13.1. The molecule has 0 unspecified atom stereocenters. The molecule has 2 aromatic carbocycles. The van der Waals surface area contributed by atoms with E-state index in [0.717, 1.165) is 5.56 Å². The number of halogens is 1. The molecule has 0 aromatic heterocycles. The van der Waals surface area contributed by atoms with Gasteiger partial charge in [-0.1, -0.05) is 6.07 Å². The van der Waals surface area contributed by atoms with Crippen molar-refractivity contribution in [2.24, 2.45) is 4.99 Å². The Bertz CT molecular complexity index is 631. The summed E-state index contributed by atoms with van der Waals surface area (Å²) in [4.78, 5) is 4.23. The molecular weight excluding hydrogens is 273 g/mol. The van der Waals surface area contributed by atoms with Gasteiger partial charge in [-0.15, -0.1) is 0 Å². The summed E-state index contributed by atoms with van der Waals surface area (Å²) in [6.07, 6.45) is 1.61. The average Bonchev–Trinajstić information content (AvgIpc) is 2.51. The molecule has 0 aliphatic carbocycles. The Morgan fingerprint density at radius 1 is 0.952 bits per heavy atom. The van der Waals surface area contributed by atoms with Crippen LogP contribution in [0.4, 0.5) is 10.1 Å². The average molecular weight is 289 g/mol. The van der Waals surface area contributed by atoms with E-state index in [9.17, 15) is 4.39 Å². The number of hydrogen-bond donors (Lipinski definition) is 0. The number of aliphatic imine (C=N–C) groups is 1. The largest absolute Gasteiger partial charge is 0.493 e. The normalized spacial score (nSPS) is 10.7. The second-order valence-electron chi connectivity index (χ2n) is 4.20. The fraction of sp³-hybridized carbons (Fsp3) is 0.188. The van der Waals surface area contributed by atoms with Crippen molar-refractivity contribution in [3.8, 4) is 17.2 Å². The van der Waals surface area contributed by atoms with Crippen molar-refractivity contribution in [3.63, 3.8) is 0 Å². The van der Waals surface area contributed by atoms with Gasteiger partial charge < -0.3 is 14.2 Å². The summed E-state index contributed by atoms with van der Waals surface area (Å²) in [5, 5.41) is 0. The van der Waals surface area contributed by atoms with E-state index < -0.39 is 0 Å². The lowest BCUT2D eigenvalue weighted by Crippen LogP contribution is -1.96. The van der Waals surface area contributed by atoms with Gasteiger partial charge in [0, 0.05) is 11.8 Å². The van der Waals surface area contributed by atoms with E-state index in [1.54, 1.807) is 51.8 Å². The molecule has 0 bridgehead atoms. The fourth-order valence-corrected chi connectivity index (χ4v) is 1.88. The van der Waals surface area contributed by atoms with Gasteiger partial charge >= 0.3 is 0 Å². The van der Waals surface area contributed by atoms with Gasteiger partial charge in [0.2, 0.25) is 5.75 Å². The summed E-state index contributed by atoms with van der Waals surface area (Å²) in [6, 6.07) is 9.59. The first-order valence-corrected chi connectivity index (χ1v) is 6.27. The van der Waals surface area contributed by atoms with Crippen molar-refractivity contribution in [2.75, 3.05) is 21.3 Å². The van der Waals surface area contributed by atoms with E-state index in [1.165, 1.54) is 12.1 Å². The van der Waals surface area contributed by atoms with Gasteiger partial charge in [-0.25, -0.2) is 4.39 Å². The topological polar surface area (TPSA) is 40.0 Å². The van der Waals surface area contributed by atoms with Gasteiger partial charge in [0.1, 0.15) is 5.82 Å². The first-order valence-electron chi connectivity index (χ1n) is 6.27. The summed E-state index contributed by atoms with van der Waals surface area (Å²) in [5.41, 5.74) is 1.29. The lowest BCUT2D eigenvalue weighted by Gasteiger charge is -2.12. The number of methoxy groups -OCH3 is 3. The van der Waals surface area contributed by atoms with Crippen LogP contribution in [0.5, 0.6) is 17.2 Å². The lowest BCUT2D eigenvalue weighted by molar-refractivity contribution is 0.324. The van der Waals surface area contributed by atoms with Crippen molar-refractivity contribution in [2.45, 2.75) is 0 Å². The van der Waals surface area contributed by atoms with Crippen LogP contribution in [0.15, 0.2) is 41.4 Å². The molecule has 2 rings (SSSR count). The highest BCUT2D eigenvalue weighted by molar-refractivity contribution is 5.84. The minimum atomic E-state index is -0.324. The van der Waals surface area contributed by atoms with Crippen LogP contribution in [0.3, 0.4) is 0 Å². The van der Waals surface area contributed by atoms with Gasteiger partial charge in [0.05, 0.1) is 27.0 Å². The molecule has 0 heterocycles. The van der Waals surface area contributed by atoms with E-state index in [1.807, 2.05) is 0 Å². The van der Waals surface area contributed by atoms with Crippen molar-refractivity contribution < 1.29 is 18.6 Å². The number of nitrogens with zero attached hydrogens (tertiary/aromatic N) is 1. The maximum Gasteiger partial charge on any atom is 0.203 e. The second-order valence-corrected chi connectivity index (χ2v) is 4.20. The van der Waals surface area contributed by atoms with Crippen LogP contribution >= 0.6 is 0 Å². The first-order chi connectivity index (χ1) is 10.2. The molecule has 0 aliphatic heterocycles. The minimum absolute atomic E-state index is 0.324. The molecule has 0 atom stereocenters. The highest BCUT2D eigenvalue weighted by Gasteiger charge is 2.12. The molecule has 2 aromatic rings. The van der Waals surface area contributed by atoms with Gasteiger partial charge in [-0.2, -0.15) is 0 Å². The summed E-state index contributed by atoms with van der Waals surface area (Å²) in [7, 11) is 4.64. The number of hydrogen-bond acceptors (Lipinski definition) is 4. The first kappa shape index (κ1) is 14.8. The molecule has 21 heavy (non-hydrogen) atoms. The highest BCUT2D eigenvalue weighted by atomic mass is 19.1. The van der Waals surface area contributed by atoms with Crippen molar-refractivity contribution in [1.82, 2.24) is 0 Å². The predicted molar refractivity (Wildman–Crippen MR) is 79.8 cm³/mol. The van der Waals surface area contributed by atoms with Crippen LogP contribution in [0.2, 0.25) is 0 Å². The molecule has 0 N–H and O–H groups in total. The van der Waals surface area contributed by atoms with Crippen LogP contribution in [-0.4, -0.2) is 27.5 Å². The zero-order valence-electron chi connectivity index (χ0n) is 12.1. The SMILES string of the molecule is COc1cc(C=Nc2cccc(F)c2)cc(OC)c1OC. The fourth-order valence-electron chi connectivity index (χ4n) is 1.88. The molecule has 0 fully saturated rings. The zero-order chi connectivity index (χ0) is 15.2. The zero-order valence-corrected chi connectivity index (χ0v) is 12.1. The van der Waals surface area contributed by atoms with E-state index in [-0.39, 0.29) is 5.82 Å². The molecule has 110 valence electrons. The third-order valence-corrected chi connectivity index (χ3v) is 2.86. The van der Waals surface area contributed by atoms with Crippen molar-refractivity contribution in [1.29, 1.82) is 0 Å². The third-order valence-electron chi connectivity index (χ3n) is 2.86. The summed E-state index contributed by atoms with van der Waals surface area (Å²) >= 11 is 0. The Labute approximate surface area is 122 Å². The van der Waals surface area contributed by atoms with E-state index >= 15 is 0 Å². The standard InChI is InChI=1S/C16H16FNO3/c1-19-14-7-11(8-15(20-2)16(14)21-3)10-18-13-6-4-5-12(17)9-13/h4-10H,1-3H3. The summed E-state index contributed by atoms with van der Waals surface area (Å²) < 4.78 is 28.9. The minimum Gasteiger partial charge on any atom is -0.493 e. The number of ether oxygens (including phenoxy) is 3. The Kier molecular flexibility index (Phi) is 4.77. The summed E-state index contributed by atoms with van der Waals surface area (Å²) in [5.74, 6) is 1.27. The van der Waals surface area contributed by atoms with E-state index in [0.29, 0.717) is 22.9 Å². The Hall–Kier alpha value is -2.56. The Balaban J connectivity index is 2.36. The molecule has 0 aliphatic rings. The van der Waals surface area contributed by atoms with Crippen molar-refractivity contribution >= 4 is 11.9 Å². The molecule has 0 spiro atoms. The van der Waals surface area contributed by atoms with Crippen LogP contribution in [-0.2, 0) is 0 Å². The molecule has 0 amide bonds. The molecule has 0 saturated carbocycles. The maximum atomic E-state index is 13.1. The van der Waals surface area contributed by atoms with Gasteiger partial charge in [-0.05, 0) is 30.3 Å². The molecule has 5 heteroatoms. The van der Waals surface area contributed by atoms with Crippen LogP contribution in [0, 0.1) is 5.82 Å².